The molecule has 17 heavy (non-hydrogen) atoms. The number of benzene rings is 1. The fraction of sp³-hybridized carbons (Fsp3) is 0.364. The van der Waals surface area contributed by atoms with Crippen LogP contribution in [0.25, 0.3) is 0 Å². The standard InChI is InChI=1S/C11H16N2O4/c1-12-11(15)13(16)7-9(14)8-17-10-5-3-2-4-6-10/h2-6,9,14,16H,7-8H2,1H3,(H,12,15)/t9-/m0/s1. The second-order valence-corrected chi connectivity index (χ2v) is 3.42. The van der Waals surface area contributed by atoms with Gasteiger partial charge in [-0.25, -0.2) is 9.86 Å². The van der Waals surface area contributed by atoms with Crippen LogP contribution in [0.15, 0.2) is 30.3 Å². The van der Waals surface area contributed by atoms with Gasteiger partial charge in [0.1, 0.15) is 18.5 Å². The number of aliphatic hydroxyl groups excluding tert-OH is 1. The van der Waals surface area contributed by atoms with E-state index in [1.165, 1.54) is 7.05 Å². The van der Waals surface area contributed by atoms with Gasteiger partial charge in [0.05, 0.1) is 6.54 Å². The summed E-state index contributed by atoms with van der Waals surface area (Å²) < 4.78 is 5.26. The van der Waals surface area contributed by atoms with E-state index in [2.05, 4.69) is 5.32 Å². The lowest BCUT2D eigenvalue weighted by Gasteiger charge is -2.18. The number of hydrogen-bond acceptors (Lipinski definition) is 4. The van der Waals surface area contributed by atoms with Crippen molar-refractivity contribution in [2.45, 2.75) is 6.10 Å². The minimum absolute atomic E-state index is 0.00192. The van der Waals surface area contributed by atoms with Gasteiger partial charge < -0.3 is 15.2 Å². The molecule has 0 unspecified atom stereocenters. The van der Waals surface area contributed by atoms with Crippen molar-refractivity contribution in [1.29, 1.82) is 0 Å². The van der Waals surface area contributed by atoms with Crippen LogP contribution in [0.5, 0.6) is 5.75 Å². The summed E-state index contributed by atoms with van der Waals surface area (Å²) in [5.41, 5.74) is 0. The molecule has 6 nitrogen and oxygen atoms in total. The summed E-state index contributed by atoms with van der Waals surface area (Å²) in [5, 5.41) is 21.3. The third-order valence-electron chi connectivity index (χ3n) is 2.02. The molecular weight excluding hydrogens is 224 g/mol. The van der Waals surface area contributed by atoms with E-state index in [4.69, 9.17) is 4.74 Å². The average molecular weight is 240 g/mol. The zero-order valence-corrected chi connectivity index (χ0v) is 9.54. The number of carbonyl (C=O) groups excluding carboxylic acids is 1. The van der Waals surface area contributed by atoms with Crippen LogP contribution in [0.1, 0.15) is 0 Å². The fourth-order valence-electron chi connectivity index (χ4n) is 1.17. The Labute approximate surface area is 99.4 Å². The molecular formula is C11H16N2O4. The number of carbonyl (C=O) groups is 1. The molecule has 1 aromatic rings. The van der Waals surface area contributed by atoms with Crippen LogP contribution in [0, 0.1) is 0 Å². The van der Waals surface area contributed by atoms with Crippen molar-refractivity contribution in [1.82, 2.24) is 10.4 Å². The van der Waals surface area contributed by atoms with Crippen molar-refractivity contribution in [2.75, 3.05) is 20.2 Å². The predicted molar refractivity (Wildman–Crippen MR) is 60.9 cm³/mol. The Morgan fingerprint density at radius 1 is 1.47 bits per heavy atom. The lowest BCUT2D eigenvalue weighted by Crippen LogP contribution is -2.41. The third kappa shape index (κ3) is 4.71. The number of amides is 2. The maximum atomic E-state index is 10.9. The van der Waals surface area contributed by atoms with Gasteiger partial charge in [0.25, 0.3) is 0 Å². The molecule has 1 rings (SSSR count). The normalized spacial score (nSPS) is 11.7. The largest absolute Gasteiger partial charge is 0.491 e. The Hall–Kier alpha value is -1.79. The van der Waals surface area contributed by atoms with Crippen LogP contribution >= 0.6 is 0 Å². The number of nitrogens with one attached hydrogen (secondary N) is 1. The first-order valence-corrected chi connectivity index (χ1v) is 5.17. The van der Waals surface area contributed by atoms with E-state index in [9.17, 15) is 15.1 Å². The van der Waals surface area contributed by atoms with Gasteiger partial charge in [0, 0.05) is 7.05 Å². The summed E-state index contributed by atoms with van der Waals surface area (Å²) >= 11 is 0. The molecule has 0 aromatic heterocycles. The van der Waals surface area contributed by atoms with Crippen molar-refractivity contribution in [3.05, 3.63) is 30.3 Å². The molecule has 0 spiro atoms. The van der Waals surface area contributed by atoms with Crippen molar-refractivity contribution >= 4 is 6.03 Å². The number of hydrogen-bond donors (Lipinski definition) is 3. The van der Waals surface area contributed by atoms with E-state index in [0.29, 0.717) is 10.8 Å². The molecule has 0 fully saturated rings. The summed E-state index contributed by atoms with van der Waals surface area (Å²) in [6.07, 6.45) is -0.961. The summed E-state index contributed by atoms with van der Waals surface area (Å²) in [4.78, 5) is 10.9. The Morgan fingerprint density at radius 3 is 2.71 bits per heavy atom. The van der Waals surface area contributed by atoms with Crippen molar-refractivity contribution in [3.63, 3.8) is 0 Å². The minimum Gasteiger partial charge on any atom is -0.491 e. The van der Waals surface area contributed by atoms with Gasteiger partial charge in [-0.15, -0.1) is 0 Å². The maximum absolute atomic E-state index is 10.9. The molecule has 0 bridgehead atoms. The highest BCUT2D eigenvalue weighted by atomic mass is 16.5. The van der Waals surface area contributed by atoms with E-state index in [1.807, 2.05) is 18.2 Å². The molecule has 0 aliphatic rings. The number of nitrogens with zero attached hydrogens (tertiary/aromatic N) is 1. The first-order chi connectivity index (χ1) is 8.13. The molecule has 6 heteroatoms. The first-order valence-electron chi connectivity index (χ1n) is 5.17. The summed E-state index contributed by atoms with van der Waals surface area (Å²) in [6, 6.07) is 8.30. The van der Waals surface area contributed by atoms with Gasteiger partial charge >= 0.3 is 6.03 Å². The lowest BCUT2D eigenvalue weighted by atomic mass is 10.3. The molecule has 0 radical (unpaired) electrons. The van der Waals surface area contributed by atoms with E-state index in [1.54, 1.807) is 12.1 Å². The zero-order chi connectivity index (χ0) is 12.7. The van der Waals surface area contributed by atoms with Crippen molar-refractivity contribution in [2.24, 2.45) is 0 Å². The SMILES string of the molecule is CNC(=O)N(O)C[C@H](O)COc1ccccc1. The van der Waals surface area contributed by atoms with E-state index < -0.39 is 12.1 Å². The van der Waals surface area contributed by atoms with Crippen LogP contribution in [0.4, 0.5) is 4.79 Å². The van der Waals surface area contributed by atoms with Crippen molar-refractivity contribution < 1.29 is 19.8 Å². The monoisotopic (exact) mass is 240 g/mol. The highest BCUT2D eigenvalue weighted by Crippen LogP contribution is 2.08. The van der Waals surface area contributed by atoms with Crippen LogP contribution < -0.4 is 10.1 Å². The summed E-state index contributed by atoms with van der Waals surface area (Å²) in [5.74, 6) is 0.621. The highest BCUT2D eigenvalue weighted by molar-refractivity contribution is 5.72. The van der Waals surface area contributed by atoms with E-state index >= 15 is 0 Å². The second-order valence-electron chi connectivity index (χ2n) is 3.42. The number of aliphatic hydroxyl groups is 1. The number of urea groups is 1. The smallest absolute Gasteiger partial charge is 0.340 e. The van der Waals surface area contributed by atoms with E-state index in [0.717, 1.165) is 0 Å². The first kappa shape index (κ1) is 13.3. The molecule has 3 N–H and O–H groups in total. The van der Waals surface area contributed by atoms with Crippen LogP contribution in [-0.4, -0.2) is 47.7 Å². The molecule has 0 saturated carbocycles. The van der Waals surface area contributed by atoms with Gasteiger partial charge in [-0.3, -0.25) is 5.21 Å². The lowest BCUT2D eigenvalue weighted by molar-refractivity contribution is -0.0741. The Balaban J connectivity index is 2.30. The highest BCUT2D eigenvalue weighted by Gasteiger charge is 2.14. The van der Waals surface area contributed by atoms with Gasteiger partial charge in [-0.2, -0.15) is 0 Å². The molecule has 94 valence electrons. The predicted octanol–water partition coefficient (Wildman–Crippen LogP) is 0.457. The summed E-state index contributed by atoms with van der Waals surface area (Å²) in [7, 11) is 1.39. The van der Waals surface area contributed by atoms with Gasteiger partial charge in [-0.1, -0.05) is 18.2 Å². The fourth-order valence-corrected chi connectivity index (χ4v) is 1.17. The summed E-state index contributed by atoms with van der Waals surface area (Å²) in [6.45, 7) is -0.218. The van der Waals surface area contributed by atoms with Crippen LogP contribution in [0.3, 0.4) is 0 Å². The zero-order valence-electron chi connectivity index (χ0n) is 9.54. The van der Waals surface area contributed by atoms with Gasteiger partial charge in [0.2, 0.25) is 0 Å². The quantitative estimate of drug-likeness (QED) is 0.515. The topological polar surface area (TPSA) is 82.0 Å². The maximum Gasteiger partial charge on any atom is 0.340 e. The third-order valence-corrected chi connectivity index (χ3v) is 2.02. The number of hydroxylamine groups is 2. The molecule has 0 aliphatic carbocycles. The Kier molecular flexibility index (Phi) is 5.25. The Morgan fingerprint density at radius 2 is 2.12 bits per heavy atom. The molecule has 0 heterocycles. The molecule has 1 aromatic carbocycles. The molecule has 2 amide bonds. The molecule has 1 atom stereocenters. The van der Waals surface area contributed by atoms with E-state index in [-0.39, 0.29) is 13.2 Å². The van der Waals surface area contributed by atoms with Gasteiger partial charge in [0.15, 0.2) is 0 Å². The van der Waals surface area contributed by atoms with Crippen molar-refractivity contribution in [3.8, 4) is 5.75 Å². The number of rotatable bonds is 5. The second kappa shape index (κ2) is 6.72. The average Bonchev–Trinajstić information content (AvgIpc) is 2.36. The minimum atomic E-state index is -0.961. The Bertz CT molecular complexity index is 345. The number of para-hydroxylation sites is 1. The molecule has 0 saturated heterocycles. The molecule has 0 aliphatic heterocycles. The van der Waals surface area contributed by atoms with Gasteiger partial charge in [-0.05, 0) is 12.1 Å². The van der Waals surface area contributed by atoms with Crippen LogP contribution in [0.2, 0.25) is 0 Å². The van der Waals surface area contributed by atoms with Crippen LogP contribution in [-0.2, 0) is 0 Å². The number of ether oxygens (including phenoxy) is 1.